The summed E-state index contributed by atoms with van der Waals surface area (Å²) < 4.78 is 0. The molecule has 0 aliphatic rings. The number of nitrogen functional groups attached to an aromatic ring is 1. The van der Waals surface area contributed by atoms with E-state index in [0.717, 1.165) is 11.1 Å². The fraction of sp³-hybridized carbons (Fsp3) is 0.133. The summed E-state index contributed by atoms with van der Waals surface area (Å²) in [6.07, 6.45) is 0.397. The van der Waals surface area contributed by atoms with Crippen LogP contribution in [0.2, 0.25) is 0 Å². The van der Waals surface area contributed by atoms with Crippen molar-refractivity contribution in [3.05, 3.63) is 65.2 Å². The number of aryl methyl sites for hydroxylation is 1. The third-order valence-electron chi connectivity index (χ3n) is 2.83. The lowest BCUT2D eigenvalue weighted by Gasteiger charge is -2.07. The average molecular weight is 225 g/mol. The molecule has 17 heavy (non-hydrogen) atoms. The van der Waals surface area contributed by atoms with Gasteiger partial charge in [0.05, 0.1) is 0 Å². The molecule has 0 spiro atoms. The van der Waals surface area contributed by atoms with Gasteiger partial charge in [0.25, 0.3) is 0 Å². The van der Waals surface area contributed by atoms with Crippen molar-refractivity contribution in [3.8, 4) is 0 Å². The fourth-order valence-corrected chi connectivity index (χ4v) is 1.80. The van der Waals surface area contributed by atoms with Gasteiger partial charge in [-0.2, -0.15) is 0 Å². The zero-order valence-corrected chi connectivity index (χ0v) is 9.81. The van der Waals surface area contributed by atoms with Crippen molar-refractivity contribution in [1.29, 1.82) is 0 Å². The molecule has 2 nitrogen and oxygen atoms in total. The molecule has 0 fully saturated rings. The molecule has 0 bridgehead atoms. The van der Waals surface area contributed by atoms with Gasteiger partial charge < -0.3 is 5.73 Å². The number of hydrogen-bond donors (Lipinski definition) is 1. The largest absolute Gasteiger partial charge is 0.398 e. The van der Waals surface area contributed by atoms with Crippen LogP contribution in [0.4, 0.5) is 5.69 Å². The van der Waals surface area contributed by atoms with Crippen molar-refractivity contribution in [1.82, 2.24) is 0 Å². The number of anilines is 1. The van der Waals surface area contributed by atoms with Crippen LogP contribution in [0.1, 0.15) is 21.5 Å². The first kappa shape index (κ1) is 11.4. The van der Waals surface area contributed by atoms with Gasteiger partial charge in [0.15, 0.2) is 5.78 Å². The van der Waals surface area contributed by atoms with E-state index in [1.54, 1.807) is 6.07 Å². The van der Waals surface area contributed by atoms with Crippen LogP contribution in [0.3, 0.4) is 0 Å². The number of Topliss-reactive ketones (excluding diaryl/α,β-unsaturated/α-hetero) is 1. The van der Waals surface area contributed by atoms with Gasteiger partial charge in [0, 0.05) is 17.7 Å². The molecular weight excluding hydrogens is 210 g/mol. The van der Waals surface area contributed by atoms with Crippen molar-refractivity contribution >= 4 is 11.5 Å². The molecule has 2 aromatic rings. The van der Waals surface area contributed by atoms with E-state index in [9.17, 15) is 4.79 Å². The van der Waals surface area contributed by atoms with E-state index >= 15 is 0 Å². The fourth-order valence-electron chi connectivity index (χ4n) is 1.80. The third kappa shape index (κ3) is 2.53. The van der Waals surface area contributed by atoms with E-state index in [4.69, 9.17) is 5.73 Å². The number of para-hydroxylation sites is 1. The van der Waals surface area contributed by atoms with E-state index in [0.29, 0.717) is 17.7 Å². The molecule has 0 aromatic heterocycles. The topological polar surface area (TPSA) is 43.1 Å². The molecule has 0 unspecified atom stereocenters. The number of carbonyl (C=O) groups is 1. The van der Waals surface area contributed by atoms with Gasteiger partial charge in [0.1, 0.15) is 0 Å². The highest BCUT2D eigenvalue weighted by molar-refractivity contribution is 6.02. The number of hydrogen-bond acceptors (Lipinski definition) is 2. The SMILES string of the molecule is Cc1cccc(C(=O)Cc2ccccc2)c1N. The number of rotatable bonds is 3. The van der Waals surface area contributed by atoms with E-state index < -0.39 is 0 Å². The van der Waals surface area contributed by atoms with E-state index in [2.05, 4.69) is 0 Å². The zero-order valence-electron chi connectivity index (χ0n) is 9.81. The molecule has 0 heterocycles. The van der Waals surface area contributed by atoms with E-state index in [-0.39, 0.29) is 5.78 Å². The van der Waals surface area contributed by atoms with Crippen LogP contribution in [-0.2, 0) is 6.42 Å². The van der Waals surface area contributed by atoms with E-state index in [1.807, 2.05) is 49.4 Å². The van der Waals surface area contributed by atoms with Crippen molar-refractivity contribution in [3.63, 3.8) is 0 Å². The summed E-state index contributed by atoms with van der Waals surface area (Å²) in [5, 5.41) is 0. The molecule has 86 valence electrons. The minimum atomic E-state index is 0.0670. The normalized spacial score (nSPS) is 10.2. The van der Waals surface area contributed by atoms with Gasteiger partial charge in [-0.3, -0.25) is 4.79 Å². The Hall–Kier alpha value is -2.09. The minimum absolute atomic E-state index is 0.0670. The van der Waals surface area contributed by atoms with Crippen molar-refractivity contribution in [2.45, 2.75) is 13.3 Å². The minimum Gasteiger partial charge on any atom is -0.398 e. The lowest BCUT2D eigenvalue weighted by atomic mass is 9.99. The molecule has 0 aliphatic carbocycles. The van der Waals surface area contributed by atoms with Crippen LogP contribution in [0, 0.1) is 6.92 Å². The lowest BCUT2D eigenvalue weighted by molar-refractivity contribution is 0.0994. The summed E-state index contributed by atoms with van der Waals surface area (Å²) in [6.45, 7) is 1.91. The number of benzene rings is 2. The first-order chi connectivity index (χ1) is 8.18. The van der Waals surface area contributed by atoms with Gasteiger partial charge in [-0.05, 0) is 24.1 Å². The third-order valence-corrected chi connectivity index (χ3v) is 2.83. The quantitative estimate of drug-likeness (QED) is 0.644. The number of nitrogens with two attached hydrogens (primary N) is 1. The summed E-state index contributed by atoms with van der Waals surface area (Å²) in [7, 11) is 0. The lowest BCUT2D eigenvalue weighted by Crippen LogP contribution is -2.07. The Kier molecular flexibility index (Phi) is 3.24. The Morgan fingerprint density at radius 1 is 1.06 bits per heavy atom. The first-order valence-corrected chi connectivity index (χ1v) is 5.60. The number of ketones is 1. The zero-order chi connectivity index (χ0) is 12.3. The maximum atomic E-state index is 12.1. The predicted octanol–water partition coefficient (Wildman–Crippen LogP) is 3.00. The van der Waals surface area contributed by atoms with Gasteiger partial charge in [-0.1, -0.05) is 42.5 Å². The van der Waals surface area contributed by atoms with Crippen LogP contribution in [0.15, 0.2) is 48.5 Å². The summed E-state index contributed by atoms with van der Waals surface area (Å²) in [6, 6.07) is 15.3. The molecule has 0 aliphatic heterocycles. The van der Waals surface area contributed by atoms with Crippen LogP contribution in [-0.4, -0.2) is 5.78 Å². The highest BCUT2D eigenvalue weighted by Crippen LogP contribution is 2.18. The summed E-state index contributed by atoms with van der Waals surface area (Å²) >= 11 is 0. The monoisotopic (exact) mass is 225 g/mol. The summed E-state index contributed by atoms with van der Waals surface area (Å²) in [4.78, 5) is 12.1. The summed E-state index contributed by atoms with van der Waals surface area (Å²) in [5.41, 5.74) is 9.09. The molecule has 0 saturated heterocycles. The Bertz CT molecular complexity index is 532. The second kappa shape index (κ2) is 4.83. The van der Waals surface area contributed by atoms with Crippen LogP contribution in [0.25, 0.3) is 0 Å². The van der Waals surface area contributed by atoms with Crippen molar-refractivity contribution < 1.29 is 4.79 Å². The molecule has 2 N–H and O–H groups in total. The van der Waals surface area contributed by atoms with Gasteiger partial charge >= 0.3 is 0 Å². The Balaban J connectivity index is 2.24. The molecule has 2 rings (SSSR count). The molecule has 2 aromatic carbocycles. The number of carbonyl (C=O) groups excluding carboxylic acids is 1. The van der Waals surface area contributed by atoms with Crippen LogP contribution < -0.4 is 5.73 Å². The molecule has 0 radical (unpaired) electrons. The average Bonchev–Trinajstić information content (AvgIpc) is 2.34. The Morgan fingerprint density at radius 3 is 2.47 bits per heavy atom. The Labute approximate surface area is 101 Å². The molecular formula is C15H15NO. The van der Waals surface area contributed by atoms with E-state index in [1.165, 1.54) is 0 Å². The summed E-state index contributed by atoms with van der Waals surface area (Å²) in [5.74, 6) is 0.0670. The second-order valence-electron chi connectivity index (χ2n) is 4.12. The van der Waals surface area contributed by atoms with Crippen LogP contribution >= 0.6 is 0 Å². The molecule has 0 atom stereocenters. The smallest absolute Gasteiger partial charge is 0.169 e. The maximum Gasteiger partial charge on any atom is 0.169 e. The standard InChI is InChI=1S/C15H15NO/c1-11-6-5-9-13(15(11)16)14(17)10-12-7-3-2-4-8-12/h2-9H,10,16H2,1H3. The highest BCUT2D eigenvalue weighted by atomic mass is 16.1. The predicted molar refractivity (Wildman–Crippen MR) is 70.1 cm³/mol. The molecule has 2 heteroatoms. The molecule has 0 saturated carbocycles. The van der Waals surface area contributed by atoms with Crippen molar-refractivity contribution in [2.24, 2.45) is 0 Å². The van der Waals surface area contributed by atoms with Crippen molar-refractivity contribution in [2.75, 3.05) is 5.73 Å². The molecule has 0 amide bonds. The van der Waals surface area contributed by atoms with Crippen LogP contribution in [0.5, 0.6) is 0 Å². The first-order valence-electron chi connectivity index (χ1n) is 5.60. The van der Waals surface area contributed by atoms with Gasteiger partial charge in [-0.15, -0.1) is 0 Å². The highest BCUT2D eigenvalue weighted by Gasteiger charge is 2.11. The second-order valence-corrected chi connectivity index (χ2v) is 4.12. The van der Waals surface area contributed by atoms with Gasteiger partial charge in [-0.25, -0.2) is 0 Å². The maximum absolute atomic E-state index is 12.1. The van der Waals surface area contributed by atoms with Gasteiger partial charge in [0.2, 0.25) is 0 Å². The Morgan fingerprint density at radius 2 is 1.76 bits per heavy atom.